The third kappa shape index (κ3) is 4.84. The van der Waals surface area contributed by atoms with Gasteiger partial charge in [-0.1, -0.05) is 13.8 Å². The normalized spacial score (nSPS) is 13.5. The smallest absolute Gasteiger partial charge is 0.240 e. The van der Waals surface area contributed by atoms with Crippen LogP contribution in [0.2, 0.25) is 0 Å². The summed E-state index contributed by atoms with van der Waals surface area (Å²) in [7, 11) is -3.42. The second kappa shape index (κ2) is 5.57. The molecular weight excluding hydrogens is 262 g/mol. The van der Waals surface area contributed by atoms with Gasteiger partial charge in [-0.25, -0.2) is 8.42 Å². The molecule has 0 atom stereocenters. The van der Waals surface area contributed by atoms with Crippen molar-refractivity contribution in [2.45, 2.75) is 38.9 Å². The van der Waals surface area contributed by atoms with Crippen molar-refractivity contribution in [2.24, 2.45) is 5.41 Å². The van der Waals surface area contributed by atoms with Crippen molar-refractivity contribution >= 4 is 27.3 Å². The van der Waals surface area contributed by atoms with Gasteiger partial charge in [0, 0.05) is 18.7 Å². The zero-order chi connectivity index (χ0) is 13.9. The first-order chi connectivity index (χ1) is 7.44. The Labute approximate surface area is 109 Å². The van der Waals surface area contributed by atoms with E-state index in [0.717, 1.165) is 12.7 Å². The highest BCUT2D eigenvalue weighted by Crippen LogP contribution is 2.21. The van der Waals surface area contributed by atoms with Gasteiger partial charge in [0.05, 0.1) is 0 Å². The molecule has 6 heteroatoms. The summed E-state index contributed by atoms with van der Waals surface area (Å²) >= 11 is 5.66. The van der Waals surface area contributed by atoms with Crippen molar-refractivity contribution in [2.75, 3.05) is 18.7 Å². The molecule has 0 saturated carbocycles. The predicted molar refractivity (Wildman–Crippen MR) is 71.1 cm³/mol. The number of carbonyl (C=O) groups excluding carboxylic acids is 1. The fourth-order valence-electron chi connectivity index (χ4n) is 1.04. The maximum absolute atomic E-state index is 11.8. The lowest BCUT2D eigenvalue weighted by Gasteiger charge is -2.27. The van der Waals surface area contributed by atoms with Crippen LogP contribution in [0, 0.1) is 5.41 Å². The minimum Gasteiger partial charge on any atom is -0.354 e. The molecule has 0 aliphatic heterocycles. The summed E-state index contributed by atoms with van der Waals surface area (Å²) in [6.07, 6.45) is 1.82. The van der Waals surface area contributed by atoms with Gasteiger partial charge in [0.1, 0.15) is 4.75 Å². The van der Waals surface area contributed by atoms with Gasteiger partial charge in [0.2, 0.25) is 5.91 Å². The maximum Gasteiger partial charge on any atom is 0.240 e. The van der Waals surface area contributed by atoms with E-state index < -0.39 is 20.5 Å². The molecule has 0 aromatic carbocycles. The van der Waals surface area contributed by atoms with E-state index in [-0.39, 0.29) is 5.41 Å². The van der Waals surface area contributed by atoms with Gasteiger partial charge in [0.25, 0.3) is 0 Å². The van der Waals surface area contributed by atoms with Gasteiger partial charge in [-0.15, -0.1) is 11.6 Å². The third-order valence-electron chi connectivity index (χ3n) is 2.97. The molecule has 0 aliphatic carbocycles. The van der Waals surface area contributed by atoms with E-state index in [2.05, 4.69) is 5.32 Å². The van der Waals surface area contributed by atoms with Gasteiger partial charge >= 0.3 is 0 Å². The van der Waals surface area contributed by atoms with Gasteiger partial charge in [-0.2, -0.15) is 0 Å². The van der Waals surface area contributed by atoms with E-state index in [1.165, 1.54) is 13.8 Å². The Balaban J connectivity index is 4.59. The first kappa shape index (κ1) is 16.7. The van der Waals surface area contributed by atoms with Crippen LogP contribution in [0.5, 0.6) is 0 Å². The monoisotopic (exact) mass is 283 g/mol. The molecule has 0 heterocycles. The summed E-state index contributed by atoms with van der Waals surface area (Å²) in [5.41, 5.74) is -0.134. The first-order valence-electron chi connectivity index (χ1n) is 5.48. The molecular formula is C11H22ClNO3S. The van der Waals surface area contributed by atoms with Crippen molar-refractivity contribution in [1.29, 1.82) is 0 Å². The van der Waals surface area contributed by atoms with Crippen LogP contribution < -0.4 is 5.32 Å². The molecule has 0 rings (SSSR count). The van der Waals surface area contributed by atoms with E-state index in [1.807, 2.05) is 13.8 Å². The molecule has 0 fully saturated rings. The number of alkyl halides is 1. The number of sulfone groups is 1. The third-order valence-corrected chi connectivity index (χ3v) is 5.20. The number of amides is 1. The van der Waals surface area contributed by atoms with Crippen molar-refractivity contribution in [1.82, 2.24) is 5.32 Å². The standard InChI is InChI=1S/C11H22ClNO3S/c1-10(2,6-7-12)8-13-9(14)11(3,4)17(5,15)16/h6-8H2,1-5H3,(H,13,14). The SMILES string of the molecule is CC(C)(CCCl)CNC(=O)C(C)(C)S(C)(=O)=O. The Morgan fingerprint density at radius 2 is 1.71 bits per heavy atom. The average Bonchev–Trinajstić information content (AvgIpc) is 2.12. The second-order valence-corrected chi connectivity index (χ2v) is 8.51. The van der Waals surface area contributed by atoms with Crippen molar-refractivity contribution in [3.05, 3.63) is 0 Å². The number of hydrogen-bond acceptors (Lipinski definition) is 3. The summed E-state index contributed by atoms with van der Waals surface area (Å²) in [5, 5.41) is 2.68. The van der Waals surface area contributed by atoms with Crippen LogP contribution in [0.4, 0.5) is 0 Å². The largest absolute Gasteiger partial charge is 0.354 e. The average molecular weight is 284 g/mol. The van der Waals surface area contributed by atoms with Crippen LogP contribution in [0.3, 0.4) is 0 Å². The minimum absolute atomic E-state index is 0.134. The van der Waals surface area contributed by atoms with Crippen LogP contribution >= 0.6 is 11.6 Å². The quantitative estimate of drug-likeness (QED) is 0.753. The van der Waals surface area contributed by atoms with Crippen molar-refractivity contribution < 1.29 is 13.2 Å². The molecule has 0 aromatic rings. The molecule has 0 aromatic heterocycles. The molecule has 0 aliphatic rings. The lowest BCUT2D eigenvalue weighted by atomic mass is 9.90. The van der Waals surface area contributed by atoms with Crippen molar-refractivity contribution in [3.63, 3.8) is 0 Å². The molecule has 102 valence electrons. The maximum atomic E-state index is 11.8. The van der Waals surface area contributed by atoms with E-state index >= 15 is 0 Å². The highest BCUT2D eigenvalue weighted by molar-refractivity contribution is 7.92. The van der Waals surface area contributed by atoms with E-state index in [1.54, 1.807) is 0 Å². The lowest BCUT2D eigenvalue weighted by molar-refractivity contribution is -0.123. The number of rotatable bonds is 6. The molecule has 1 N–H and O–H groups in total. The number of carbonyl (C=O) groups is 1. The lowest BCUT2D eigenvalue weighted by Crippen LogP contribution is -2.49. The fourth-order valence-corrected chi connectivity index (χ4v) is 1.97. The molecule has 17 heavy (non-hydrogen) atoms. The van der Waals surface area contributed by atoms with E-state index in [0.29, 0.717) is 12.4 Å². The van der Waals surface area contributed by atoms with Crippen LogP contribution in [-0.2, 0) is 14.6 Å². The molecule has 0 saturated heterocycles. The van der Waals surface area contributed by atoms with E-state index in [4.69, 9.17) is 11.6 Å². The number of hydrogen-bond donors (Lipinski definition) is 1. The number of halogens is 1. The predicted octanol–water partition coefficient (Wildman–Crippen LogP) is 1.58. The second-order valence-electron chi connectivity index (χ2n) is 5.57. The summed E-state index contributed by atoms with van der Waals surface area (Å²) in [6, 6.07) is 0. The molecule has 0 bridgehead atoms. The van der Waals surface area contributed by atoms with Crippen LogP contribution in [0.25, 0.3) is 0 Å². The van der Waals surface area contributed by atoms with Crippen LogP contribution in [0.15, 0.2) is 0 Å². The Kier molecular flexibility index (Phi) is 5.47. The summed E-state index contributed by atoms with van der Waals surface area (Å²) in [6.45, 7) is 7.18. The first-order valence-corrected chi connectivity index (χ1v) is 7.90. The zero-order valence-corrected chi connectivity index (χ0v) is 12.7. The fraction of sp³-hybridized carbons (Fsp3) is 0.909. The molecule has 0 unspecified atom stereocenters. The Hall–Kier alpha value is -0.290. The Morgan fingerprint density at radius 1 is 1.24 bits per heavy atom. The minimum atomic E-state index is -3.42. The van der Waals surface area contributed by atoms with Crippen LogP contribution in [0.1, 0.15) is 34.1 Å². The molecule has 0 spiro atoms. The topological polar surface area (TPSA) is 63.2 Å². The van der Waals surface area contributed by atoms with E-state index in [9.17, 15) is 13.2 Å². The Bertz CT molecular complexity index is 374. The summed E-state index contributed by atoms with van der Waals surface area (Å²) in [5.74, 6) is 0.0425. The Morgan fingerprint density at radius 3 is 2.06 bits per heavy atom. The highest BCUT2D eigenvalue weighted by atomic mass is 35.5. The van der Waals surface area contributed by atoms with Gasteiger partial charge in [-0.05, 0) is 25.7 Å². The molecule has 4 nitrogen and oxygen atoms in total. The van der Waals surface area contributed by atoms with Crippen LogP contribution in [-0.4, -0.2) is 37.8 Å². The highest BCUT2D eigenvalue weighted by Gasteiger charge is 2.38. The molecule has 0 radical (unpaired) electrons. The number of nitrogens with one attached hydrogen (secondary N) is 1. The molecule has 1 amide bonds. The zero-order valence-electron chi connectivity index (χ0n) is 11.1. The van der Waals surface area contributed by atoms with Gasteiger partial charge < -0.3 is 5.32 Å². The summed E-state index contributed by atoms with van der Waals surface area (Å²) in [4.78, 5) is 11.8. The van der Waals surface area contributed by atoms with Gasteiger partial charge in [0.15, 0.2) is 9.84 Å². The summed E-state index contributed by atoms with van der Waals surface area (Å²) < 4.78 is 21.5. The van der Waals surface area contributed by atoms with Crippen molar-refractivity contribution in [3.8, 4) is 0 Å². The van der Waals surface area contributed by atoms with Gasteiger partial charge in [-0.3, -0.25) is 4.79 Å².